The number of halogens is 3. The van der Waals surface area contributed by atoms with E-state index in [1.165, 1.54) is 18.6 Å². The summed E-state index contributed by atoms with van der Waals surface area (Å²) in [4.78, 5) is 41.5. The van der Waals surface area contributed by atoms with Crippen LogP contribution in [0.1, 0.15) is 64.4 Å². The molecule has 3 atom stereocenters. The summed E-state index contributed by atoms with van der Waals surface area (Å²) in [6.07, 6.45) is -1.74. The van der Waals surface area contributed by atoms with Gasteiger partial charge >= 0.3 is 12.2 Å². The van der Waals surface area contributed by atoms with Crippen molar-refractivity contribution in [2.75, 3.05) is 32.1 Å². The van der Waals surface area contributed by atoms with E-state index >= 15 is 0 Å². The van der Waals surface area contributed by atoms with Crippen LogP contribution in [-0.2, 0) is 16.0 Å². The average Bonchev–Trinajstić information content (AvgIpc) is 2.94. The lowest BCUT2D eigenvalue weighted by molar-refractivity contribution is -0.142. The predicted molar refractivity (Wildman–Crippen MR) is 144 cm³/mol. The molecule has 224 valence electrons. The number of hydrogen-bond donors (Lipinski definition) is 3. The number of fused-ring (bicyclic) bond motifs is 1. The Hall–Kier alpha value is -3.02. The zero-order chi connectivity index (χ0) is 29.4. The zero-order valence-electron chi connectivity index (χ0n) is 23.4. The van der Waals surface area contributed by atoms with E-state index in [4.69, 9.17) is 4.74 Å². The first-order valence-electron chi connectivity index (χ1n) is 13.9. The maximum absolute atomic E-state index is 13.3. The molecule has 12 heteroatoms. The van der Waals surface area contributed by atoms with E-state index in [-0.39, 0.29) is 49.2 Å². The van der Waals surface area contributed by atoms with Crippen molar-refractivity contribution in [2.45, 2.75) is 89.6 Å². The van der Waals surface area contributed by atoms with Crippen LogP contribution in [0.5, 0.6) is 5.75 Å². The minimum absolute atomic E-state index is 0.0939. The van der Waals surface area contributed by atoms with Crippen molar-refractivity contribution in [1.29, 1.82) is 0 Å². The summed E-state index contributed by atoms with van der Waals surface area (Å²) < 4.78 is 43.9. The van der Waals surface area contributed by atoms with Gasteiger partial charge in [-0.3, -0.25) is 9.59 Å². The number of aliphatic hydroxyl groups excluding tert-OH is 1. The third kappa shape index (κ3) is 9.28. The molecule has 9 nitrogen and oxygen atoms in total. The lowest BCUT2D eigenvalue weighted by Crippen LogP contribution is -2.50. The number of carbonyl (C=O) groups is 3. The molecule has 1 fully saturated rings. The molecule has 0 radical (unpaired) electrons. The highest BCUT2D eigenvalue weighted by Crippen LogP contribution is 2.30. The van der Waals surface area contributed by atoms with Crippen LogP contribution in [0.25, 0.3) is 0 Å². The Bertz CT molecular complexity index is 1030. The maximum Gasteiger partial charge on any atom is 0.389 e. The molecule has 1 aromatic rings. The molecule has 3 rings (SSSR count). The number of nitrogens with zero attached hydrogens (tertiary/aromatic N) is 2. The Morgan fingerprint density at radius 1 is 1.23 bits per heavy atom. The highest BCUT2D eigenvalue weighted by atomic mass is 19.4. The van der Waals surface area contributed by atoms with Crippen LogP contribution in [0, 0.1) is 5.92 Å². The molecule has 0 saturated heterocycles. The third-order valence-electron chi connectivity index (χ3n) is 7.57. The first-order chi connectivity index (χ1) is 18.9. The van der Waals surface area contributed by atoms with Crippen molar-refractivity contribution in [3.05, 3.63) is 23.8 Å². The molecule has 1 saturated carbocycles. The number of amides is 4. The fourth-order valence-electron chi connectivity index (χ4n) is 5.09. The summed E-state index contributed by atoms with van der Waals surface area (Å²) in [6.45, 7) is 3.95. The molecule has 1 aliphatic heterocycles. The Kier molecular flexibility index (Phi) is 11.1. The summed E-state index contributed by atoms with van der Waals surface area (Å²) in [5.41, 5.74) is 0.694. The van der Waals surface area contributed by atoms with Crippen molar-refractivity contribution in [1.82, 2.24) is 15.1 Å². The van der Waals surface area contributed by atoms with Gasteiger partial charge in [-0.2, -0.15) is 13.2 Å². The molecular weight excluding hydrogens is 529 g/mol. The van der Waals surface area contributed by atoms with Gasteiger partial charge in [-0.15, -0.1) is 0 Å². The van der Waals surface area contributed by atoms with Crippen LogP contribution in [-0.4, -0.2) is 83.9 Å². The molecule has 1 heterocycles. The number of ether oxygens (including phenoxy) is 1. The van der Waals surface area contributed by atoms with Gasteiger partial charge in [0.15, 0.2) is 0 Å². The lowest BCUT2D eigenvalue weighted by atomic mass is 9.96. The molecule has 0 spiro atoms. The number of rotatable bonds is 8. The molecule has 40 heavy (non-hydrogen) atoms. The Labute approximate surface area is 233 Å². The van der Waals surface area contributed by atoms with E-state index in [0.29, 0.717) is 17.9 Å². The molecule has 3 unspecified atom stereocenters. The van der Waals surface area contributed by atoms with Gasteiger partial charge < -0.3 is 30.3 Å². The Morgan fingerprint density at radius 2 is 1.93 bits per heavy atom. The van der Waals surface area contributed by atoms with Gasteiger partial charge in [0.25, 0.3) is 0 Å². The topological polar surface area (TPSA) is 111 Å². The summed E-state index contributed by atoms with van der Waals surface area (Å²) in [5.74, 6) is -0.878. The van der Waals surface area contributed by atoms with Crippen molar-refractivity contribution < 1.29 is 37.4 Å². The fourth-order valence-corrected chi connectivity index (χ4v) is 5.09. The smallest absolute Gasteiger partial charge is 0.389 e. The molecule has 3 N–H and O–H groups in total. The van der Waals surface area contributed by atoms with E-state index < -0.39 is 37.1 Å². The van der Waals surface area contributed by atoms with Crippen LogP contribution >= 0.6 is 0 Å². The van der Waals surface area contributed by atoms with Crippen molar-refractivity contribution in [3.63, 3.8) is 0 Å². The van der Waals surface area contributed by atoms with E-state index in [1.807, 2.05) is 6.92 Å². The summed E-state index contributed by atoms with van der Waals surface area (Å²) in [5, 5.41) is 15.4. The number of carbonyl (C=O) groups excluding carboxylic acids is 3. The minimum Gasteiger partial charge on any atom is -0.488 e. The standard InChI is InChI=1S/C28H41F3N4O5/c1-18-15-35(19(2)17-36)26(38)14-20-13-22(32-25(37)11-12-28(29,30)31)9-10-23(20)40-24(18)16-34(3)27(39)33-21-7-5-4-6-8-21/h9-10,13,18-19,21,24,36H,4-8,11-12,14-17H2,1-3H3,(H,32,37)(H,33,39). The second-order valence-corrected chi connectivity index (χ2v) is 11.0. The van der Waals surface area contributed by atoms with Crippen LogP contribution < -0.4 is 15.4 Å². The molecular formula is C28H41F3N4O5. The maximum atomic E-state index is 13.3. The number of aliphatic hydroxyl groups is 1. The Balaban J connectivity index is 1.81. The van der Waals surface area contributed by atoms with E-state index in [9.17, 15) is 32.7 Å². The summed E-state index contributed by atoms with van der Waals surface area (Å²) in [6, 6.07) is 4.10. The highest BCUT2D eigenvalue weighted by molar-refractivity contribution is 5.91. The fraction of sp³-hybridized carbons (Fsp3) is 0.679. The lowest BCUT2D eigenvalue weighted by Gasteiger charge is -2.34. The minimum atomic E-state index is -4.44. The molecule has 0 bridgehead atoms. The van der Waals surface area contributed by atoms with Crippen LogP contribution in [0.4, 0.5) is 23.7 Å². The molecule has 0 aromatic heterocycles. The van der Waals surface area contributed by atoms with E-state index in [2.05, 4.69) is 10.6 Å². The van der Waals surface area contributed by atoms with Crippen molar-refractivity contribution in [3.8, 4) is 5.75 Å². The number of hydrogen-bond acceptors (Lipinski definition) is 5. The predicted octanol–water partition coefficient (Wildman–Crippen LogP) is 4.09. The number of nitrogens with one attached hydrogen (secondary N) is 2. The van der Waals surface area contributed by atoms with Gasteiger partial charge in [0.2, 0.25) is 11.8 Å². The molecule has 1 aromatic carbocycles. The molecule has 2 aliphatic rings. The van der Waals surface area contributed by atoms with Gasteiger partial charge in [0.1, 0.15) is 11.9 Å². The summed E-state index contributed by atoms with van der Waals surface area (Å²) in [7, 11) is 1.70. The van der Waals surface area contributed by atoms with E-state index in [0.717, 1.165) is 25.7 Å². The molecule has 4 amide bonds. The van der Waals surface area contributed by atoms with Crippen LogP contribution in [0.3, 0.4) is 0 Å². The second-order valence-electron chi connectivity index (χ2n) is 11.0. The number of urea groups is 1. The number of likely N-dealkylation sites (N-methyl/N-ethyl adjacent to an activating group) is 1. The van der Waals surface area contributed by atoms with Gasteiger partial charge in [-0.05, 0) is 38.0 Å². The van der Waals surface area contributed by atoms with Gasteiger partial charge in [0, 0.05) is 43.2 Å². The Morgan fingerprint density at radius 3 is 2.58 bits per heavy atom. The summed E-state index contributed by atoms with van der Waals surface area (Å²) >= 11 is 0. The quantitative estimate of drug-likeness (QED) is 0.436. The number of anilines is 1. The monoisotopic (exact) mass is 570 g/mol. The third-order valence-corrected chi connectivity index (χ3v) is 7.57. The molecule has 1 aliphatic carbocycles. The number of benzene rings is 1. The largest absolute Gasteiger partial charge is 0.488 e. The highest BCUT2D eigenvalue weighted by Gasteiger charge is 2.32. The van der Waals surface area contributed by atoms with Crippen LogP contribution in [0.15, 0.2) is 18.2 Å². The first kappa shape index (κ1) is 31.5. The second kappa shape index (κ2) is 14.0. The van der Waals surface area contributed by atoms with Crippen molar-refractivity contribution in [2.24, 2.45) is 5.92 Å². The first-order valence-corrected chi connectivity index (χ1v) is 13.9. The normalized spacial score (nSPS) is 21.3. The van der Waals surface area contributed by atoms with Gasteiger partial charge in [0.05, 0.1) is 32.0 Å². The average molecular weight is 571 g/mol. The van der Waals surface area contributed by atoms with Crippen LogP contribution in [0.2, 0.25) is 0 Å². The van der Waals surface area contributed by atoms with Crippen molar-refractivity contribution >= 4 is 23.5 Å². The SMILES string of the molecule is CC1CN(C(C)CO)C(=O)Cc2cc(NC(=O)CCC(F)(F)F)ccc2OC1CN(C)C(=O)NC1CCCCC1. The van der Waals surface area contributed by atoms with E-state index in [1.54, 1.807) is 29.8 Å². The van der Waals surface area contributed by atoms with Gasteiger partial charge in [-0.25, -0.2) is 4.79 Å². The number of alkyl halides is 3. The van der Waals surface area contributed by atoms with Gasteiger partial charge in [-0.1, -0.05) is 26.2 Å². The zero-order valence-corrected chi connectivity index (χ0v) is 23.4.